The molecule has 0 saturated heterocycles. The minimum absolute atomic E-state index is 0.0263. The van der Waals surface area contributed by atoms with Gasteiger partial charge in [-0.3, -0.25) is 0 Å². The Balaban J connectivity index is 2.30. The zero-order valence-corrected chi connectivity index (χ0v) is 25.1. The Morgan fingerprint density at radius 1 is 0.639 bits per heavy atom. The number of carbonyl (C=O) groups excluding carboxylic acids is 1. The normalized spacial score (nSPS) is 14.0. The number of nitrogens with zero attached hydrogens (tertiary/aromatic N) is 1. The topological polar surface area (TPSA) is 31.2 Å². The molecule has 0 fully saturated rings. The summed E-state index contributed by atoms with van der Waals surface area (Å²) in [7, 11) is 0. The van der Waals surface area contributed by atoms with Gasteiger partial charge in [-0.2, -0.15) is 0 Å². The molecule has 0 saturated carbocycles. The van der Waals surface area contributed by atoms with Crippen LogP contribution in [0.15, 0.2) is 36.4 Å². The number of rotatable bonds is 4. The van der Waals surface area contributed by atoms with Gasteiger partial charge in [0.2, 0.25) is 0 Å². The summed E-state index contributed by atoms with van der Waals surface area (Å²) in [5.41, 5.74) is 4.09. The summed E-state index contributed by atoms with van der Waals surface area (Å²) in [4.78, 5) is 13.7. The molecule has 0 aliphatic heterocycles. The summed E-state index contributed by atoms with van der Waals surface area (Å²) < 4.78 is 7.74. The Hall–Kier alpha value is -2.29. The molecule has 0 atom stereocenters. The van der Waals surface area contributed by atoms with E-state index in [-0.39, 0.29) is 27.8 Å². The van der Waals surface area contributed by atoms with E-state index in [4.69, 9.17) is 4.74 Å². The summed E-state index contributed by atoms with van der Waals surface area (Å²) >= 11 is 0. The van der Waals surface area contributed by atoms with Crippen molar-refractivity contribution in [1.29, 1.82) is 0 Å². The summed E-state index contributed by atoms with van der Waals surface area (Å²) in [5, 5.41) is 2.18. The number of hydrogen-bond acceptors (Lipinski definition) is 2. The minimum Gasteiger partial charge on any atom is -0.443 e. The number of ether oxygens (including phenoxy) is 1. The molecular weight excluding hydrogens is 442 g/mol. The van der Waals surface area contributed by atoms with Crippen molar-refractivity contribution in [3.8, 4) is 0 Å². The maximum atomic E-state index is 13.7. The maximum absolute atomic E-state index is 13.7. The lowest BCUT2D eigenvalue weighted by Gasteiger charge is -2.33. The van der Waals surface area contributed by atoms with E-state index in [1.807, 2.05) is 25.3 Å². The van der Waals surface area contributed by atoms with Crippen molar-refractivity contribution >= 4 is 27.9 Å². The first kappa shape index (κ1) is 28.3. The van der Waals surface area contributed by atoms with Gasteiger partial charge >= 0.3 is 6.09 Å². The van der Waals surface area contributed by atoms with E-state index in [2.05, 4.69) is 106 Å². The first-order chi connectivity index (χ1) is 16.1. The van der Waals surface area contributed by atoms with E-state index in [0.717, 1.165) is 34.6 Å². The second-order valence-electron chi connectivity index (χ2n) is 15.5. The Bertz CT molecular complexity index is 1180. The van der Waals surface area contributed by atoms with Crippen molar-refractivity contribution in [1.82, 2.24) is 4.57 Å². The Morgan fingerprint density at radius 3 is 1.31 bits per heavy atom. The lowest BCUT2D eigenvalue weighted by molar-refractivity contribution is 0.0551. The van der Waals surface area contributed by atoms with E-state index in [9.17, 15) is 4.79 Å². The zero-order valence-electron chi connectivity index (χ0n) is 25.1. The van der Waals surface area contributed by atoms with Gasteiger partial charge in [-0.1, -0.05) is 93.5 Å². The average molecular weight is 492 g/mol. The molecule has 0 aliphatic carbocycles. The van der Waals surface area contributed by atoms with Gasteiger partial charge in [0.1, 0.15) is 5.60 Å². The fraction of sp³-hybridized carbons (Fsp3) is 0.606. The van der Waals surface area contributed by atoms with Crippen LogP contribution in [0.2, 0.25) is 0 Å². The zero-order chi connectivity index (χ0) is 27.5. The lowest BCUT2D eigenvalue weighted by Crippen LogP contribution is -2.28. The van der Waals surface area contributed by atoms with Crippen molar-refractivity contribution in [3.05, 3.63) is 47.5 Å². The summed E-state index contributed by atoms with van der Waals surface area (Å²) in [6, 6.07) is 13.3. The van der Waals surface area contributed by atoms with Crippen molar-refractivity contribution in [2.24, 2.45) is 10.8 Å². The molecule has 3 rings (SSSR count). The number of benzene rings is 2. The highest BCUT2D eigenvalue weighted by molar-refractivity contribution is 6.12. The summed E-state index contributed by atoms with van der Waals surface area (Å²) in [6.45, 7) is 28.7. The van der Waals surface area contributed by atoms with Crippen LogP contribution in [0.3, 0.4) is 0 Å². The third-order valence-electron chi connectivity index (χ3n) is 6.85. The summed E-state index contributed by atoms with van der Waals surface area (Å²) in [5.74, 6) is 0. The van der Waals surface area contributed by atoms with Crippen LogP contribution in [0.4, 0.5) is 4.79 Å². The average Bonchev–Trinajstić information content (AvgIpc) is 2.95. The van der Waals surface area contributed by atoms with Gasteiger partial charge in [-0.05, 0) is 78.5 Å². The van der Waals surface area contributed by atoms with Crippen LogP contribution in [0.25, 0.3) is 21.8 Å². The Labute approximate surface area is 219 Å². The SMILES string of the molecule is CC(C)(C)CC(C)(C)c1ccc2c3ccc(C(C)(C)CC(C)(C)C)cc3n(C(=O)OC(C)(C)C)c2c1. The van der Waals surface area contributed by atoms with Gasteiger partial charge in [-0.15, -0.1) is 0 Å². The largest absolute Gasteiger partial charge is 0.443 e. The van der Waals surface area contributed by atoms with Crippen LogP contribution in [-0.2, 0) is 15.6 Å². The first-order valence-electron chi connectivity index (χ1n) is 13.4. The van der Waals surface area contributed by atoms with Crippen molar-refractivity contribution < 1.29 is 9.53 Å². The fourth-order valence-corrected chi connectivity index (χ4v) is 6.22. The molecule has 198 valence electrons. The van der Waals surface area contributed by atoms with Crippen LogP contribution in [-0.4, -0.2) is 16.3 Å². The van der Waals surface area contributed by atoms with Gasteiger partial charge in [0.25, 0.3) is 0 Å². The molecule has 0 bridgehead atoms. The van der Waals surface area contributed by atoms with Crippen molar-refractivity contribution in [2.75, 3.05) is 0 Å². The standard InChI is InChI=1S/C33H49NO2/c1-29(2,3)20-32(10,11)22-14-16-24-25-17-15-23(33(12,13)21-30(4,5)6)19-27(25)34(26(24)18-22)28(35)36-31(7,8)9/h14-19H,20-21H2,1-13H3. The monoisotopic (exact) mass is 491 g/mol. The third-order valence-corrected chi connectivity index (χ3v) is 6.85. The fourth-order valence-electron chi connectivity index (χ4n) is 6.22. The third kappa shape index (κ3) is 6.33. The van der Waals surface area contributed by atoms with E-state index in [1.165, 1.54) is 11.1 Å². The highest BCUT2D eigenvalue weighted by atomic mass is 16.6. The maximum Gasteiger partial charge on any atom is 0.419 e. The van der Waals surface area contributed by atoms with Crippen molar-refractivity contribution in [2.45, 2.75) is 119 Å². The smallest absolute Gasteiger partial charge is 0.419 e. The molecule has 3 heteroatoms. The lowest BCUT2D eigenvalue weighted by atomic mass is 9.72. The number of hydrogen-bond donors (Lipinski definition) is 0. The molecule has 0 unspecified atom stereocenters. The molecule has 0 N–H and O–H groups in total. The minimum atomic E-state index is -0.577. The van der Waals surface area contributed by atoms with Crippen LogP contribution < -0.4 is 0 Å². The van der Waals surface area contributed by atoms with Crippen LogP contribution in [0.1, 0.15) is 114 Å². The molecule has 36 heavy (non-hydrogen) atoms. The number of carbonyl (C=O) groups is 1. The second kappa shape index (κ2) is 8.92. The van der Waals surface area contributed by atoms with E-state index in [1.54, 1.807) is 0 Å². The molecule has 0 radical (unpaired) electrons. The van der Waals surface area contributed by atoms with Gasteiger partial charge in [0.15, 0.2) is 0 Å². The molecule has 2 aromatic carbocycles. The molecular formula is C33H49NO2. The quantitative estimate of drug-likeness (QED) is 0.363. The molecule has 0 aliphatic rings. The molecule has 3 aromatic rings. The van der Waals surface area contributed by atoms with Crippen LogP contribution in [0, 0.1) is 10.8 Å². The van der Waals surface area contributed by atoms with Crippen LogP contribution >= 0.6 is 0 Å². The van der Waals surface area contributed by atoms with Gasteiger partial charge < -0.3 is 4.74 Å². The van der Waals surface area contributed by atoms with Crippen LogP contribution in [0.5, 0.6) is 0 Å². The second-order valence-corrected chi connectivity index (χ2v) is 15.5. The Kier molecular flexibility index (Phi) is 7.01. The molecule has 0 spiro atoms. The Morgan fingerprint density at radius 2 is 1.00 bits per heavy atom. The number of fused-ring (bicyclic) bond motifs is 3. The predicted molar refractivity (Wildman–Crippen MR) is 155 cm³/mol. The van der Waals surface area contributed by atoms with E-state index in [0.29, 0.717) is 0 Å². The molecule has 1 heterocycles. The highest BCUT2D eigenvalue weighted by Gasteiger charge is 2.31. The van der Waals surface area contributed by atoms with Gasteiger partial charge in [0.05, 0.1) is 11.0 Å². The molecule has 0 amide bonds. The van der Waals surface area contributed by atoms with E-state index >= 15 is 0 Å². The summed E-state index contributed by atoms with van der Waals surface area (Å²) in [6.07, 6.45) is 1.77. The van der Waals surface area contributed by atoms with E-state index < -0.39 is 5.60 Å². The molecule has 1 aromatic heterocycles. The predicted octanol–water partition coefficient (Wildman–Crippen LogP) is 10.0. The highest BCUT2D eigenvalue weighted by Crippen LogP contribution is 2.41. The first-order valence-corrected chi connectivity index (χ1v) is 13.4. The number of aromatic nitrogens is 1. The van der Waals surface area contributed by atoms with Crippen molar-refractivity contribution in [3.63, 3.8) is 0 Å². The van der Waals surface area contributed by atoms with Gasteiger partial charge in [-0.25, -0.2) is 9.36 Å². The molecule has 3 nitrogen and oxygen atoms in total. The van der Waals surface area contributed by atoms with Gasteiger partial charge in [0, 0.05) is 10.8 Å².